The first-order chi connectivity index (χ1) is 11.3. The molecule has 0 aliphatic carbocycles. The third-order valence-corrected chi connectivity index (χ3v) is 4.88. The second kappa shape index (κ2) is 6.17. The lowest BCUT2D eigenvalue weighted by atomic mass is 10.2. The minimum absolute atomic E-state index is 0.00118. The van der Waals surface area contributed by atoms with Gasteiger partial charge in [-0.3, -0.25) is 4.57 Å². The fraction of sp³-hybridized carbons (Fsp3) is 0.312. The van der Waals surface area contributed by atoms with E-state index in [9.17, 15) is 0 Å². The first-order valence-electron chi connectivity index (χ1n) is 7.59. The zero-order chi connectivity index (χ0) is 15.6. The Hall–Kier alpha value is -2.12. The van der Waals surface area contributed by atoms with Gasteiger partial charge in [0.1, 0.15) is 16.8 Å². The number of imidazole rings is 1. The van der Waals surface area contributed by atoms with Crippen molar-refractivity contribution in [3.05, 3.63) is 42.2 Å². The van der Waals surface area contributed by atoms with E-state index >= 15 is 0 Å². The summed E-state index contributed by atoms with van der Waals surface area (Å²) in [7, 11) is 0. The number of rotatable bonds is 4. The molecule has 1 fully saturated rings. The van der Waals surface area contributed by atoms with Gasteiger partial charge in [-0.2, -0.15) is 4.98 Å². The van der Waals surface area contributed by atoms with Crippen LogP contribution in [0.4, 0.5) is 5.95 Å². The Bertz CT molecular complexity index is 814. The molecule has 0 saturated carbocycles. The van der Waals surface area contributed by atoms with Crippen molar-refractivity contribution >= 4 is 28.9 Å². The van der Waals surface area contributed by atoms with E-state index in [4.69, 9.17) is 10.5 Å². The van der Waals surface area contributed by atoms with Gasteiger partial charge in [-0.05, 0) is 18.4 Å². The molecule has 2 aromatic heterocycles. The van der Waals surface area contributed by atoms with Crippen LogP contribution >= 0.6 is 11.8 Å². The van der Waals surface area contributed by atoms with Crippen LogP contribution in [0, 0.1) is 0 Å². The lowest BCUT2D eigenvalue weighted by Crippen LogP contribution is -2.08. The van der Waals surface area contributed by atoms with E-state index in [-0.39, 0.29) is 12.2 Å². The average Bonchev–Trinajstić information content (AvgIpc) is 3.22. The first-order valence-corrected chi connectivity index (χ1v) is 8.58. The monoisotopic (exact) mass is 327 g/mol. The lowest BCUT2D eigenvalue weighted by Gasteiger charge is -2.11. The molecule has 0 radical (unpaired) electrons. The normalized spacial score (nSPS) is 17.8. The topological polar surface area (TPSA) is 78.8 Å². The predicted octanol–water partition coefficient (Wildman–Crippen LogP) is 3.01. The maximum Gasteiger partial charge on any atom is 0.223 e. The molecule has 2 N–H and O–H groups in total. The Morgan fingerprint density at radius 2 is 2.13 bits per heavy atom. The van der Waals surface area contributed by atoms with E-state index in [0.29, 0.717) is 0 Å². The van der Waals surface area contributed by atoms with Crippen molar-refractivity contribution in [1.82, 2.24) is 19.5 Å². The number of anilines is 1. The second-order valence-corrected chi connectivity index (χ2v) is 6.42. The van der Waals surface area contributed by atoms with Crippen molar-refractivity contribution < 1.29 is 4.74 Å². The Morgan fingerprint density at radius 3 is 2.91 bits per heavy atom. The van der Waals surface area contributed by atoms with Gasteiger partial charge in [0.25, 0.3) is 0 Å². The van der Waals surface area contributed by atoms with Crippen LogP contribution in [0.3, 0.4) is 0 Å². The molecule has 1 aromatic carbocycles. The third-order valence-electron chi connectivity index (χ3n) is 3.84. The van der Waals surface area contributed by atoms with Crippen LogP contribution in [0.15, 0.2) is 41.7 Å². The average molecular weight is 327 g/mol. The molecule has 3 aromatic rings. The number of hydrogen-bond donors (Lipinski definition) is 1. The molecular weight excluding hydrogens is 310 g/mol. The van der Waals surface area contributed by atoms with Gasteiger partial charge >= 0.3 is 0 Å². The summed E-state index contributed by atoms with van der Waals surface area (Å²) < 4.78 is 7.69. The second-order valence-electron chi connectivity index (χ2n) is 5.45. The number of aromatic nitrogens is 4. The molecule has 6 nitrogen and oxygen atoms in total. The molecule has 1 saturated heterocycles. The molecule has 118 valence electrons. The summed E-state index contributed by atoms with van der Waals surface area (Å²) in [5, 5.41) is 0.813. The van der Waals surface area contributed by atoms with Crippen molar-refractivity contribution in [2.45, 2.75) is 29.8 Å². The number of hydrogen-bond acceptors (Lipinski definition) is 6. The number of nitrogen functional groups attached to an aromatic ring is 1. The molecule has 0 amide bonds. The van der Waals surface area contributed by atoms with Gasteiger partial charge in [-0.1, -0.05) is 42.1 Å². The van der Waals surface area contributed by atoms with E-state index in [0.717, 1.165) is 41.4 Å². The van der Waals surface area contributed by atoms with E-state index < -0.39 is 0 Å². The van der Waals surface area contributed by atoms with Gasteiger partial charge in [0.05, 0.1) is 6.33 Å². The number of nitrogens with two attached hydrogens (primary N) is 1. The molecule has 0 bridgehead atoms. The SMILES string of the molecule is Nc1nc(SCc2ccccc2)c2ncn([C@@H]3CCCO3)c2n1. The molecule has 1 aliphatic heterocycles. The Balaban J connectivity index is 1.66. The lowest BCUT2D eigenvalue weighted by molar-refractivity contribution is 0.0593. The summed E-state index contributed by atoms with van der Waals surface area (Å²) in [6.07, 6.45) is 3.81. The van der Waals surface area contributed by atoms with Crippen molar-refractivity contribution in [1.29, 1.82) is 0 Å². The van der Waals surface area contributed by atoms with Gasteiger partial charge < -0.3 is 10.5 Å². The number of fused-ring (bicyclic) bond motifs is 1. The summed E-state index contributed by atoms with van der Waals surface area (Å²) in [6, 6.07) is 10.3. The molecule has 0 spiro atoms. The third kappa shape index (κ3) is 2.89. The molecule has 23 heavy (non-hydrogen) atoms. The molecule has 1 aliphatic rings. The molecule has 4 rings (SSSR count). The summed E-state index contributed by atoms with van der Waals surface area (Å²) in [5.41, 5.74) is 8.68. The standard InChI is InChI=1S/C16H17N5OS/c17-16-19-14-13(18-10-21(14)12-7-4-8-22-12)15(20-16)23-9-11-5-2-1-3-6-11/h1-3,5-6,10,12H,4,7-9H2,(H2,17,19,20)/t12-/m0/s1. The number of thioether (sulfide) groups is 1. The van der Waals surface area contributed by atoms with E-state index in [1.54, 1.807) is 18.1 Å². The van der Waals surface area contributed by atoms with E-state index in [1.807, 2.05) is 22.8 Å². The number of benzene rings is 1. The van der Waals surface area contributed by atoms with Gasteiger partial charge in [0, 0.05) is 12.4 Å². The highest BCUT2D eigenvalue weighted by Crippen LogP contribution is 2.31. The number of ether oxygens (including phenoxy) is 1. The predicted molar refractivity (Wildman–Crippen MR) is 90.0 cm³/mol. The van der Waals surface area contributed by atoms with Crippen LogP contribution in [-0.2, 0) is 10.5 Å². The van der Waals surface area contributed by atoms with Crippen LogP contribution in [0.5, 0.6) is 0 Å². The molecule has 7 heteroatoms. The van der Waals surface area contributed by atoms with Crippen LogP contribution < -0.4 is 5.73 Å². The van der Waals surface area contributed by atoms with Crippen molar-refractivity contribution in [2.75, 3.05) is 12.3 Å². The summed E-state index contributed by atoms with van der Waals surface area (Å²) in [4.78, 5) is 13.2. The Kier molecular flexibility index (Phi) is 3.88. The highest BCUT2D eigenvalue weighted by atomic mass is 32.2. The first kappa shape index (κ1) is 14.5. The zero-order valence-electron chi connectivity index (χ0n) is 12.6. The molecule has 1 atom stereocenters. The quantitative estimate of drug-likeness (QED) is 0.586. The fourth-order valence-corrected chi connectivity index (χ4v) is 3.66. The minimum atomic E-state index is 0.00118. The van der Waals surface area contributed by atoms with E-state index in [2.05, 4.69) is 27.1 Å². The zero-order valence-corrected chi connectivity index (χ0v) is 13.4. The van der Waals surface area contributed by atoms with Crippen LogP contribution in [-0.4, -0.2) is 26.1 Å². The summed E-state index contributed by atoms with van der Waals surface area (Å²) in [6.45, 7) is 0.778. The highest BCUT2D eigenvalue weighted by Gasteiger charge is 2.22. The van der Waals surface area contributed by atoms with Gasteiger partial charge in [-0.25, -0.2) is 9.97 Å². The van der Waals surface area contributed by atoms with Crippen LogP contribution in [0.2, 0.25) is 0 Å². The van der Waals surface area contributed by atoms with Crippen LogP contribution in [0.25, 0.3) is 11.2 Å². The Labute approximate surface area is 138 Å². The molecular formula is C16H17N5OS. The maximum atomic E-state index is 5.90. The minimum Gasteiger partial charge on any atom is -0.368 e. The summed E-state index contributed by atoms with van der Waals surface area (Å²) in [5.74, 6) is 1.09. The van der Waals surface area contributed by atoms with Crippen molar-refractivity contribution in [3.8, 4) is 0 Å². The number of nitrogens with zero attached hydrogens (tertiary/aromatic N) is 4. The fourth-order valence-electron chi connectivity index (χ4n) is 2.72. The van der Waals surface area contributed by atoms with Crippen molar-refractivity contribution in [2.24, 2.45) is 0 Å². The van der Waals surface area contributed by atoms with Crippen molar-refractivity contribution in [3.63, 3.8) is 0 Å². The van der Waals surface area contributed by atoms with Crippen LogP contribution in [0.1, 0.15) is 24.6 Å². The summed E-state index contributed by atoms with van der Waals surface area (Å²) >= 11 is 1.63. The molecule has 3 heterocycles. The smallest absolute Gasteiger partial charge is 0.223 e. The largest absolute Gasteiger partial charge is 0.368 e. The Morgan fingerprint density at radius 1 is 1.26 bits per heavy atom. The van der Waals surface area contributed by atoms with Gasteiger partial charge in [-0.15, -0.1) is 0 Å². The molecule has 0 unspecified atom stereocenters. The van der Waals surface area contributed by atoms with E-state index in [1.165, 1.54) is 5.56 Å². The maximum absolute atomic E-state index is 5.90. The van der Waals surface area contributed by atoms with Gasteiger partial charge in [0.2, 0.25) is 5.95 Å². The highest BCUT2D eigenvalue weighted by molar-refractivity contribution is 7.98. The van der Waals surface area contributed by atoms with Gasteiger partial charge in [0.15, 0.2) is 5.65 Å².